The summed E-state index contributed by atoms with van der Waals surface area (Å²) < 4.78 is 0. The minimum Gasteiger partial charge on any atom is -0.0795 e. The van der Waals surface area contributed by atoms with Crippen molar-refractivity contribution in [2.45, 2.75) is 68.2 Å². The molecule has 0 aromatic heterocycles. The topological polar surface area (TPSA) is 0 Å². The average Bonchev–Trinajstić information content (AvgIpc) is 3.26. The van der Waals surface area contributed by atoms with E-state index in [-0.39, 0.29) is 0 Å². The molecule has 0 atom stereocenters. The van der Waals surface area contributed by atoms with E-state index in [1.54, 1.807) is 0 Å². The van der Waals surface area contributed by atoms with Crippen LogP contribution in [0.4, 0.5) is 0 Å². The zero-order chi connectivity index (χ0) is 38.7. The van der Waals surface area contributed by atoms with Gasteiger partial charge in [-0.05, 0) is 117 Å². The van der Waals surface area contributed by atoms with Crippen molar-refractivity contribution < 1.29 is 0 Å². The van der Waals surface area contributed by atoms with Gasteiger partial charge in [0.1, 0.15) is 0 Å². The van der Waals surface area contributed by atoms with Gasteiger partial charge in [-0.3, -0.25) is 0 Å². The van der Waals surface area contributed by atoms with Gasteiger partial charge in [0, 0.05) is 0 Å². The van der Waals surface area contributed by atoms with Crippen LogP contribution in [0.25, 0.3) is 54.9 Å². The lowest BCUT2D eigenvalue weighted by atomic mass is 9.84. The van der Waals surface area contributed by atoms with Gasteiger partial charge in [0.05, 0.1) is 0 Å². The number of hydrogen-bond donors (Lipinski definition) is 0. The first-order chi connectivity index (χ1) is 26.7. The van der Waals surface area contributed by atoms with Gasteiger partial charge in [-0.1, -0.05) is 211 Å². The Labute approximate surface area is 326 Å². The van der Waals surface area contributed by atoms with Crippen molar-refractivity contribution in [2.24, 2.45) is 0 Å². The highest BCUT2D eigenvalue weighted by molar-refractivity contribution is 6.01. The Morgan fingerprint density at radius 3 is 1.35 bits per heavy atom. The third-order valence-electron chi connectivity index (χ3n) is 9.31. The molecule has 7 aromatic carbocycles. The van der Waals surface area contributed by atoms with E-state index in [4.69, 9.17) is 0 Å². The van der Waals surface area contributed by atoms with E-state index in [9.17, 15) is 0 Å². The summed E-state index contributed by atoms with van der Waals surface area (Å²) in [7, 11) is 0. The van der Waals surface area contributed by atoms with Crippen molar-refractivity contribution in [1.82, 2.24) is 0 Å². The summed E-state index contributed by atoms with van der Waals surface area (Å²) in [4.78, 5) is 0. The van der Waals surface area contributed by atoms with Gasteiger partial charge in [-0.25, -0.2) is 0 Å². The first-order valence-electron chi connectivity index (χ1n) is 19.9. The largest absolute Gasteiger partial charge is 0.0795 e. The molecule has 0 nitrogen and oxygen atoms in total. The Balaban J connectivity index is 0.000000436. The SMILES string of the molecule is C/C=C(/C1=CC=C(c2ccccc2)CC1)c1cc(-c2cccc3ccccc23)cc(-c2cccc3ccccc23)c1.CC.CC.CC.Cc1ccccc1. The molecule has 0 radical (unpaired) electrons. The molecule has 0 saturated heterocycles. The van der Waals surface area contributed by atoms with E-state index in [2.05, 4.69) is 178 Å². The van der Waals surface area contributed by atoms with Crippen molar-refractivity contribution in [3.8, 4) is 22.3 Å². The summed E-state index contributed by atoms with van der Waals surface area (Å²) in [6, 6.07) is 58.9. The van der Waals surface area contributed by atoms with Crippen LogP contribution in [-0.2, 0) is 0 Å². The molecule has 0 heterocycles. The van der Waals surface area contributed by atoms with Crippen LogP contribution in [0.2, 0.25) is 0 Å². The number of allylic oxidation sites excluding steroid dienone is 6. The second kappa shape index (κ2) is 21.7. The Bertz CT molecular complexity index is 2170. The Kier molecular flexibility index (Phi) is 16.5. The van der Waals surface area contributed by atoms with E-state index in [0.29, 0.717) is 0 Å². The van der Waals surface area contributed by atoms with Gasteiger partial charge in [0.2, 0.25) is 0 Å². The number of benzene rings is 7. The van der Waals surface area contributed by atoms with Crippen LogP contribution < -0.4 is 0 Å². The number of fused-ring (bicyclic) bond motifs is 2. The van der Waals surface area contributed by atoms with Crippen LogP contribution in [0.3, 0.4) is 0 Å². The van der Waals surface area contributed by atoms with Crippen LogP contribution in [0.5, 0.6) is 0 Å². The molecule has 0 heteroatoms. The molecule has 0 N–H and O–H groups in total. The number of hydrogen-bond acceptors (Lipinski definition) is 0. The van der Waals surface area contributed by atoms with Gasteiger partial charge in [0.25, 0.3) is 0 Å². The maximum absolute atomic E-state index is 2.39. The van der Waals surface area contributed by atoms with Crippen molar-refractivity contribution in [2.75, 3.05) is 0 Å². The fraction of sp³-hybridized carbons (Fsp3) is 0.185. The van der Waals surface area contributed by atoms with Crippen molar-refractivity contribution in [1.29, 1.82) is 0 Å². The van der Waals surface area contributed by atoms with E-state index in [1.807, 2.05) is 59.7 Å². The highest BCUT2D eigenvalue weighted by Crippen LogP contribution is 2.40. The van der Waals surface area contributed by atoms with E-state index in [0.717, 1.165) is 12.8 Å². The molecule has 1 aliphatic rings. The van der Waals surface area contributed by atoms with Crippen molar-refractivity contribution in [3.05, 3.63) is 204 Å². The molecular formula is C54H58. The Hall–Kier alpha value is -5.72. The van der Waals surface area contributed by atoms with Crippen LogP contribution in [0, 0.1) is 6.92 Å². The summed E-state index contributed by atoms with van der Waals surface area (Å²) in [5.41, 5.74) is 13.1. The normalized spacial score (nSPS) is 11.9. The molecule has 7 aromatic rings. The molecule has 0 bridgehead atoms. The smallest absolute Gasteiger partial charge is 0.0105 e. The maximum atomic E-state index is 2.39. The van der Waals surface area contributed by atoms with Crippen LogP contribution in [0.1, 0.15) is 78.0 Å². The lowest BCUT2D eigenvalue weighted by molar-refractivity contribution is 1.01. The van der Waals surface area contributed by atoms with Gasteiger partial charge < -0.3 is 0 Å². The summed E-state index contributed by atoms with van der Waals surface area (Å²) in [6.07, 6.45) is 9.03. The third kappa shape index (κ3) is 10.2. The molecule has 0 fully saturated rings. The van der Waals surface area contributed by atoms with Crippen LogP contribution >= 0.6 is 0 Å². The fourth-order valence-electron chi connectivity index (χ4n) is 6.87. The lowest BCUT2D eigenvalue weighted by Crippen LogP contribution is -1.98. The molecule has 8 rings (SSSR count). The number of rotatable bonds is 5. The minimum atomic E-state index is 1.03. The van der Waals surface area contributed by atoms with E-state index < -0.39 is 0 Å². The lowest BCUT2D eigenvalue weighted by Gasteiger charge is -2.20. The maximum Gasteiger partial charge on any atom is -0.0105 e. The highest BCUT2D eigenvalue weighted by Gasteiger charge is 2.16. The van der Waals surface area contributed by atoms with Gasteiger partial charge >= 0.3 is 0 Å². The van der Waals surface area contributed by atoms with Gasteiger partial charge in [0.15, 0.2) is 0 Å². The summed E-state index contributed by atoms with van der Waals surface area (Å²) in [5.74, 6) is 0. The molecule has 0 amide bonds. The van der Waals surface area contributed by atoms with Gasteiger partial charge in [-0.15, -0.1) is 0 Å². The first-order valence-corrected chi connectivity index (χ1v) is 19.9. The predicted octanol–water partition coefficient (Wildman–Crippen LogP) is 16.6. The summed E-state index contributed by atoms with van der Waals surface area (Å²) >= 11 is 0. The highest BCUT2D eigenvalue weighted by atomic mass is 14.2. The molecule has 0 spiro atoms. The molecule has 0 unspecified atom stereocenters. The van der Waals surface area contributed by atoms with Crippen molar-refractivity contribution >= 4 is 32.7 Å². The fourth-order valence-corrected chi connectivity index (χ4v) is 6.87. The zero-order valence-corrected chi connectivity index (χ0v) is 33.7. The zero-order valence-electron chi connectivity index (χ0n) is 33.7. The quantitative estimate of drug-likeness (QED) is 0.167. The molecule has 54 heavy (non-hydrogen) atoms. The molecular weight excluding hydrogens is 649 g/mol. The van der Waals surface area contributed by atoms with Crippen LogP contribution in [-0.4, -0.2) is 0 Å². The Morgan fingerprint density at radius 2 is 0.907 bits per heavy atom. The van der Waals surface area contributed by atoms with E-state index in [1.165, 1.54) is 77.2 Å². The molecule has 1 aliphatic carbocycles. The second-order valence-electron chi connectivity index (χ2n) is 12.5. The predicted molar refractivity (Wildman–Crippen MR) is 243 cm³/mol. The average molecular weight is 707 g/mol. The van der Waals surface area contributed by atoms with Crippen LogP contribution in [0.15, 0.2) is 188 Å². The molecule has 0 aliphatic heterocycles. The summed E-state index contributed by atoms with van der Waals surface area (Å²) in [5, 5.41) is 5.10. The molecule has 0 saturated carbocycles. The summed E-state index contributed by atoms with van der Waals surface area (Å²) in [6.45, 7) is 16.3. The van der Waals surface area contributed by atoms with E-state index >= 15 is 0 Å². The monoisotopic (exact) mass is 706 g/mol. The minimum absolute atomic E-state index is 1.03. The van der Waals surface area contributed by atoms with Crippen molar-refractivity contribution in [3.63, 3.8) is 0 Å². The number of aryl methyl sites for hydroxylation is 1. The molecule has 274 valence electrons. The van der Waals surface area contributed by atoms with Gasteiger partial charge in [-0.2, -0.15) is 0 Å². The third-order valence-corrected chi connectivity index (χ3v) is 9.31. The Morgan fingerprint density at radius 1 is 0.444 bits per heavy atom. The standard InChI is InChI=1S/C41H32.C7H8.3C2H6/c1-2-37(33-24-22-30(23-25-33)29-12-4-3-5-13-29)34-26-35(40-20-10-16-31-14-6-8-18-38(31)40)28-36(27-34)41-21-11-17-32-15-7-9-19-39(32)41;1-7-5-3-2-4-6-7;3*1-2/h2-22,24,26-28H,23,25H2,1H3;2-6H,1H3;3*1-2H3/b37-2-;;;;. The second-order valence-corrected chi connectivity index (χ2v) is 12.5. The first kappa shape index (κ1) is 41.0.